The fraction of sp³-hybridized carbons (Fsp3) is 0.538. The minimum absolute atomic E-state index is 0.00390. The maximum atomic E-state index is 11.2. The second-order valence-corrected chi connectivity index (χ2v) is 5.39. The van der Waals surface area contributed by atoms with Crippen LogP contribution in [0.1, 0.15) is 25.7 Å². The molecule has 3 rings (SSSR count). The summed E-state index contributed by atoms with van der Waals surface area (Å²) in [5.74, 6) is 0. The van der Waals surface area contributed by atoms with E-state index in [1.807, 2.05) is 0 Å². The summed E-state index contributed by atoms with van der Waals surface area (Å²) in [5, 5.41) is 21.0. The third-order valence-electron chi connectivity index (χ3n) is 4.21. The Labute approximate surface area is 111 Å². The van der Waals surface area contributed by atoms with Gasteiger partial charge in [-0.1, -0.05) is 6.07 Å². The van der Waals surface area contributed by atoms with Crippen LogP contribution in [0.5, 0.6) is 0 Å². The molecule has 2 fully saturated rings. The Morgan fingerprint density at radius 1 is 1.32 bits per heavy atom. The van der Waals surface area contributed by atoms with Gasteiger partial charge in [0.25, 0.3) is 0 Å². The van der Waals surface area contributed by atoms with Gasteiger partial charge in [-0.2, -0.15) is 0 Å². The number of aliphatic hydroxyl groups excluding tert-OH is 1. The third-order valence-corrected chi connectivity index (χ3v) is 4.21. The highest BCUT2D eigenvalue weighted by Gasteiger charge is 2.42. The van der Waals surface area contributed by atoms with E-state index in [1.165, 1.54) is 0 Å². The number of benzene rings is 1. The molecule has 2 aliphatic heterocycles. The van der Waals surface area contributed by atoms with Gasteiger partial charge in [-0.15, -0.1) is 0 Å². The van der Waals surface area contributed by atoms with E-state index in [-0.39, 0.29) is 29.6 Å². The van der Waals surface area contributed by atoms with Crippen LogP contribution >= 0.6 is 0 Å². The smallest absolute Gasteiger partial charge is 0.315 e. The van der Waals surface area contributed by atoms with Gasteiger partial charge in [0.1, 0.15) is 11.4 Å². The number of piperidine rings is 1. The molecule has 2 bridgehead atoms. The SMILES string of the molecule is Nc1cccc(N2C3CCC2CC(O)C3)c1[N+](=O)[O-]. The number of anilines is 2. The molecular weight excluding hydrogens is 246 g/mol. The van der Waals surface area contributed by atoms with Crippen molar-refractivity contribution in [2.45, 2.75) is 43.9 Å². The van der Waals surface area contributed by atoms with E-state index >= 15 is 0 Å². The second-order valence-electron chi connectivity index (χ2n) is 5.39. The minimum Gasteiger partial charge on any atom is -0.393 e. The van der Waals surface area contributed by atoms with Crippen LogP contribution in [0.25, 0.3) is 0 Å². The lowest BCUT2D eigenvalue weighted by atomic mass is 9.98. The number of hydrogen-bond acceptors (Lipinski definition) is 5. The van der Waals surface area contributed by atoms with Crippen LogP contribution in [-0.2, 0) is 0 Å². The Balaban J connectivity index is 2.04. The third kappa shape index (κ3) is 1.92. The summed E-state index contributed by atoms with van der Waals surface area (Å²) in [6, 6.07) is 5.45. The molecule has 3 N–H and O–H groups in total. The molecule has 6 heteroatoms. The van der Waals surface area contributed by atoms with Gasteiger partial charge >= 0.3 is 5.69 Å². The predicted octanol–water partition coefficient (Wildman–Crippen LogP) is 1.67. The number of rotatable bonds is 2. The second kappa shape index (κ2) is 4.38. The Morgan fingerprint density at radius 3 is 2.53 bits per heavy atom. The molecule has 2 aliphatic rings. The lowest BCUT2D eigenvalue weighted by Crippen LogP contribution is -2.45. The number of nitrogens with zero attached hydrogens (tertiary/aromatic N) is 2. The first kappa shape index (κ1) is 12.2. The molecule has 0 aromatic heterocycles. The molecule has 1 aromatic rings. The van der Waals surface area contributed by atoms with Gasteiger partial charge in [0, 0.05) is 12.1 Å². The molecule has 2 unspecified atom stereocenters. The number of nitrogen functional groups attached to an aromatic ring is 1. The summed E-state index contributed by atoms with van der Waals surface area (Å²) >= 11 is 0. The van der Waals surface area contributed by atoms with E-state index in [1.54, 1.807) is 18.2 Å². The van der Waals surface area contributed by atoms with Gasteiger partial charge in [0.15, 0.2) is 0 Å². The average Bonchev–Trinajstić information content (AvgIpc) is 2.60. The zero-order valence-corrected chi connectivity index (χ0v) is 10.5. The molecule has 0 aliphatic carbocycles. The lowest BCUT2D eigenvalue weighted by Gasteiger charge is -2.38. The van der Waals surface area contributed by atoms with Gasteiger partial charge < -0.3 is 15.7 Å². The molecule has 0 amide bonds. The Kier molecular flexibility index (Phi) is 2.82. The molecule has 0 spiro atoms. The van der Waals surface area contributed by atoms with Crippen LogP contribution in [0.4, 0.5) is 17.1 Å². The monoisotopic (exact) mass is 263 g/mol. The Hall–Kier alpha value is -1.82. The van der Waals surface area contributed by atoms with Crippen molar-refractivity contribution in [3.63, 3.8) is 0 Å². The van der Waals surface area contributed by atoms with Crippen LogP contribution in [-0.4, -0.2) is 28.2 Å². The molecule has 1 aromatic carbocycles. The normalized spacial score (nSPS) is 29.5. The van der Waals surface area contributed by atoms with Crippen LogP contribution in [0.2, 0.25) is 0 Å². The maximum Gasteiger partial charge on any atom is 0.315 e. The van der Waals surface area contributed by atoms with Gasteiger partial charge in [-0.25, -0.2) is 0 Å². The maximum absolute atomic E-state index is 11.2. The predicted molar refractivity (Wildman–Crippen MR) is 72.0 cm³/mol. The van der Waals surface area contributed by atoms with Gasteiger partial charge in [0.2, 0.25) is 0 Å². The van der Waals surface area contributed by atoms with Gasteiger partial charge in [-0.05, 0) is 37.8 Å². The zero-order valence-electron chi connectivity index (χ0n) is 10.5. The quantitative estimate of drug-likeness (QED) is 0.481. The summed E-state index contributed by atoms with van der Waals surface area (Å²) < 4.78 is 0. The van der Waals surface area contributed by atoms with E-state index in [4.69, 9.17) is 5.73 Å². The summed E-state index contributed by atoms with van der Waals surface area (Å²) in [6.07, 6.45) is 3.04. The summed E-state index contributed by atoms with van der Waals surface area (Å²) in [7, 11) is 0. The number of nitro benzene ring substituents is 1. The number of aliphatic hydroxyl groups is 1. The first-order valence-electron chi connectivity index (χ1n) is 6.57. The van der Waals surface area contributed by atoms with E-state index in [0.29, 0.717) is 18.5 Å². The highest BCUT2D eigenvalue weighted by Crippen LogP contribution is 2.44. The Bertz CT molecular complexity index is 506. The van der Waals surface area contributed by atoms with Crippen molar-refractivity contribution in [3.8, 4) is 0 Å². The lowest BCUT2D eigenvalue weighted by molar-refractivity contribution is -0.383. The van der Waals surface area contributed by atoms with Crippen molar-refractivity contribution in [1.82, 2.24) is 0 Å². The molecule has 2 heterocycles. The standard InChI is InChI=1S/C13H17N3O3/c14-11-2-1-3-12(13(11)16(18)19)15-8-4-5-9(15)7-10(17)6-8/h1-3,8-10,17H,4-7,14H2. The fourth-order valence-electron chi connectivity index (χ4n) is 3.50. The summed E-state index contributed by atoms with van der Waals surface area (Å²) in [4.78, 5) is 12.9. The number of hydrogen-bond donors (Lipinski definition) is 2. The highest BCUT2D eigenvalue weighted by atomic mass is 16.6. The van der Waals surface area contributed by atoms with E-state index < -0.39 is 4.92 Å². The number of nitrogens with two attached hydrogens (primary N) is 1. The molecule has 19 heavy (non-hydrogen) atoms. The van der Waals surface area contributed by atoms with E-state index in [9.17, 15) is 15.2 Å². The molecule has 2 saturated heterocycles. The Morgan fingerprint density at radius 2 is 1.95 bits per heavy atom. The van der Waals surface area contributed by atoms with E-state index in [0.717, 1.165) is 12.8 Å². The highest BCUT2D eigenvalue weighted by molar-refractivity contribution is 5.76. The summed E-state index contributed by atoms with van der Waals surface area (Å²) in [6.45, 7) is 0. The number of para-hydroxylation sites is 1. The molecule has 6 nitrogen and oxygen atoms in total. The average molecular weight is 263 g/mol. The molecule has 0 saturated carbocycles. The first-order valence-corrected chi connectivity index (χ1v) is 6.57. The molecular formula is C13H17N3O3. The minimum atomic E-state index is -0.408. The van der Waals surface area contributed by atoms with Crippen molar-refractivity contribution in [3.05, 3.63) is 28.3 Å². The largest absolute Gasteiger partial charge is 0.393 e. The fourth-order valence-corrected chi connectivity index (χ4v) is 3.50. The first-order chi connectivity index (χ1) is 9.08. The summed E-state index contributed by atoms with van der Waals surface area (Å²) in [5.41, 5.74) is 6.55. The van der Waals surface area contributed by atoms with E-state index in [2.05, 4.69) is 4.90 Å². The number of nitro groups is 1. The van der Waals surface area contributed by atoms with Crippen molar-refractivity contribution < 1.29 is 10.0 Å². The van der Waals surface area contributed by atoms with Crippen LogP contribution < -0.4 is 10.6 Å². The van der Waals surface area contributed by atoms with Gasteiger partial charge in [-0.3, -0.25) is 10.1 Å². The topological polar surface area (TPSA) is 92.6 Å². The van der Waals surface area contributed by atoms with Crippen LogP contribution in [0.3, 0.4) is 0 Å². The molecule has 102 valence electrons. The van der Waals surface area contributed by atoms with Crippen LogP contribution in [0, 0.1) is 10.1 Å². The zero-order chi connectivity index (χ0) is 13.6. The van der Waals surface area contributed by atoms with Crippen molar-refractivity contribution in [2.24, 2.45) is 0 Å². The molecule has 0 radical (unpaired) electrons. The molecule has 2 atom stereocenters. The van der Waals surface area contributed by atoms with Crippen molar-refractivity contribution >= 4 is 17.1 Å². The number of fused-ring (bicyclic) bond motifs is 2. The van der Waals surface area contributed by atoms with Crippen LogP contribution in [0.15, 0.2) is 18.2 Å². The van der Waals surface area contributed by atoms with Gasteiger partial charge in [0.05, 0.1) is 11.0 Å². The van der Waals surface area contributed by atoms with Crippen molar-refractivity contribution in [2.75, 3.05) is 10.6 Å². The van der Waals surface area contributed by atoms with Crippen molar-refractivity contribution in [1.29, 1.82) is 0 Å².